The van der Waals surface area contributed by atoms with E-state index in [4.69, 9.17) is 32.7 Å². The molecule has 152 valence electrons. The summed E-state index contributed by atoms with van der Waals surface area (Å²) >= 11 is 12.8. The lowest BCUT2D eigenvalue weighted by Gasteiger charge is -2.14. The number of benzene rings is 2. The third kappa shape index (κ3) is 4.55. The number of methoxy groups -OCH3 is 2. The smallest absolute Gasteiger partial charge is 0.292 e. The molecule has 29 heavy (non-hydrogen) atoms. The van der Waals surface area contributed by atoms with Gasteiger partial charge < -0.3 is 14.8 Å². The van der Waals surface area contributed by atoms with Gasteiger partial charge in [-0.25, -0.2) is 0 Å². The lowest BCUT2D eigenvalue weighted by molar-refractivity contribution is -0.383. The molecule has 0 aliphatic rings. The van der Waals surface area contributed by atoms with Crippen molar-refractivity contribution >= 4 is 40.4 Å². The first kappa shape index (κ1) is 20.8. The summed E-state index contributed by atoms with van der Waals surface area (Å²) in [5, 5.41) is 22.0. The highest BCUT2D eigenvalue weighted by molar-refractivity contribution is 6.37. The Morgan fingerprint density at radius 3 is 2.38 bits per heavy atom. The van der Waals surface area contributed by atoms with E-state index in [0.717, 1.165) is 5.69 Å². The molecule has 0 unspecified atom stereocenters. The minimum absolute atomic E-state index is 0.0225. The lowest BCUT2D eigenvalue weighted by atomic mass is 10.1. The van der Waals surface area contributed by atoms with Gasteiger partial charge in [0.25, 0.3) is 5.69 Å². The van der Waals surface area contributed by atoms with E-state index in [2.05, 4.69) is 15.5 Å². The number of nitrogens with zero attached hydrogens (tertiary/aromatic N) is 2. The number of rotatable bonds is 8. The molecule has 1 aromatic heterocycles. The van der Waals surface area contributed by atoms with Crippen LogP contribution < -0.4 is 14.8 Å². The number of H-pyrrole nitrogens is 1. The molecule has 3 aromatic rings. The number of anilines is 2. The van der Waals surface area contributed by atoms with E-state index >= 15 is 0 Å². The topological polar surface area (TPSA) is 102 Å². The number of halogens is 2. The highest BCUT2D eigenvalue weighted by atomic mass is 35.5. The molecular formula is C19H18Cl2N4O4. The van der Waals surface area contributed by atoms with Crippen LogP contribution in [0.5, 0.6) is 11.5 Å². The van der Waals surface area contributed by atoms with Crippen molar-refractivity contribution in [3.63, 3.8) is 0 Å². The van der Waals surface area contributed by atoms with Gasteiger partial charge in [-0.3, -0.25) is 15.2 Å². The first-order valence-electron chi connectivity index (χ1n) is 8.58. The van der Waals surface area contributed by atoms with Gasteiger partial charge in [0.2, 0.25) is 0 Å². The summed E-state index contributed by atoms with van der Waals surface area (Å²) in [5.74, 6) is 1.49. The van der Waals surface area contributed by atoms with Crippen molar-refractivity contribution in [3.8, 4) is 11.5 Å². The molecule has 8 nitrogen and oxygen atoms in total. The first-order chi connectivity index (χ1) is 13.9. The number of para-hydroxylation sites is 2. The van der Waals surface area contributed by atoms with Gasteiger partial charge in [0, 0.05) is 18.2 Å². The van der Waals surface area contributed by atoms with E-state index in [0.29, 0.717) is 51.5 Å². The molecule has 0 fully saturated rings. The van der Waals surface area contributed by atoms with Crippen molar-refractivity contribution < 1.29 is 14.4 Å². The van der Waals surface area contributed by atoms with Crippen LogP contribution >= 0.6 is 23.2 Å². The summed E-state index contributed by atoms with van der Waals surface area (Å²) in [6.45, 7) is 0. The zero-order chi connectivity index (χ0) is 21.0. The van der Waals surface area contributed by atoms with Crippen LogP contribution in [0.15, 0.2) is 36.4 Å². The van der Waals surface area contributed by atoms with Crippen LogP contribution in [-0.2, 0) is 12.8 Å². The number of aryl methyl sites for hydroxylation is 1. The lowest BCUT2D eigenvalue weighted by Crippen LogP contribution is -1.99. The number of nitro benzene ring substituents is 1. The molecule has 2 N–H and O–H groups in total. The maximum Gasteiger partial charge on any atom is 0.292 e. The van der Waals surface area contributed by atoms with Crippen LogP contribution in [0, 0.1) is 10.1 Å². The van der Waals surface area contributed by atoms with Gasteiger partial charge in [-0.05, 0) is 24.5 Å². The number of ether oxygens (including phenoxy) is 2. The highest BCUT2D eigenvalue weighted by Crippen LogP contribution is 2.40. The van der Waals surface area contributed by atoms with E-state index in [1.54, 1.807) is 30.3 Å². The Kier molecular flexibility index (Phi) is 6.46. The van der Waals surface area contributed by atoms with Crippen molar-refractivity contribution in [1.29, 1.82) is 0 Å². The number of nitrogens with one attached hydrogen (secondary N) is 2. The Hall–Kier alpha value is -2.97. The van der Waals surface area contributed by atoms with Gasteiger partial charge in [-0.15, -0.1) is 0 Å². The zero-order valence-corrected chi connectivity index (χ0v) is 17.2. The van der Waals surface area contributed by atoms with Crippen molar-refractivity contribution in [1.82, 2.24) is 10.2 Å². The van der Waals surface area contributed by atoms with Crippen LogP contribution in [0.25, 0.3) is 0 Å². The number of hydrogen-bond donors (Lipinski definition) is 2. The number of aromatic amines is 1. The molecular weight excluding hydrogens is 419 g/mol. The number of nitro groups is 1. The van der Waals surface area contributed by atoms with Crippen LogP contribution in [0.1, 0.15) is 11.3 Å². The summed E-state index contributed by atoms with van der Waals surface area (Å²) in [7, 11) is 3.04. The fourth-order valence-electron chi connectivity index (χ4n) is 2.85. The summed E-state index contributed by atoms with van der Waals surface area (Å²) in [6, 6.07) is 9.79. The van der Waals surface area contributed by atoms with E-state index in [1.807, 2.05) is 0 Å². The molecule has 0 saturated carbocycles. The van der Waals surface area contributed by atoms with Crippen molar-refractivity contribution in [2.45, 2.75) is 12.8 Å². The molecule has 0 bridgehead atoms. The molecule has 0 saturated heterocycles. The Balaban J connectivity index is 1.76. The monoisotopic (exact) mass is 436 g/mol. The summed E-state index contributed by atoms with van der Waals surface area (Å²) in [6.07, 6.45) is 1.03. The second-order valence-electron chi connectivity index (χ2n) is 6.06. The Morgan fingerprint density at radius 2 is 1.76 bits per heavy atom. The predicted octanol–water partition coefficient (Wildman–Crippen LogP) is 5.17. The maximum atomic E-state index is 11.1. The summed E-state index contributed by atoms with van der Waals surface area (Å²) in [4.78, 5) is 10.7. The number of hydrogen-bond acceptors (Lipinski definition) is 6. The van der Waals surface area contributed by atoms with E-state index in [-0.39, 0.29) is 5.69 Å². The van der Waals surface area contributed by atoms with Gasteiger partial charge in [0.05, 0.1) is 34.9 Å². The summed E-state index contributed by atoms with van der Waals surface area (Å²) in [5.41, 5.74) is 1.78. The van der Waals surface area contributed by atoms with Crippen LogP contribution in [0.3, 0.4) is 0 Å². The van der Waals surface area contributed by atoms with Crippen molar-refractivity contribution in [2.24, 2.45) is 0 Å². The van der Waals surface area contributed by atoms with Crippen molar-refractivity contribution in [2.75, 3.05) is 19.5 Å². The Morgan fingerprint density at radius 1 is 1.10 bits per heavy atom. The zero-order valence-electron chi connectivity index (χ0n) is 15.7. The Labute approximate surface area is 176 Å². The van der Waals surface area contributed by atoms with Crippen LogP contribution in [0.2, 0.25) is 10.0 Å². The fourth-order valence-corrected chi connectivity index (χ4v) is 3.54. The second-order valence-corrected chi connectivity index (χ2v) is 6.82. The third-order valence-electron chi connectivity index (χ3n) is 4.30. The highest BCUT2D eigenvalue weighted by Gasteiger charge is 2.18. The standard InChI is InChI=1S/C19H18Cl2N4O4/c1-28-15-10-16(29-2)19(21)12(18(15)20)8-7-11-9-17(24-23-11)22-13-5-3-4-6-14(13)25(26)27/h3-6,9-10H,7-8H2,1-2H3,(H2,22,23,24). The maximum absolute atomic E-state index is 11.1. The average Bonchev–Trinajstić information content (AvgIpc) is 3.15. The van der Waals surface area contributed by atoms with Crippen LogP contribution in [-0.4, -0.2) is 29.3 Å². The molecule has 0 aliphatic carbocycles. The van der Waals surface area contributed by atoms with Gasteiger partial charge >= 0.3 is 0 Å². The fraction of sp³-hybridized carbons (Fsp3) is 0.211. The van der Waals surface area contributed by atoms with Gasteiger partial charge in [0.1, 0.15) is 23.0 Å². The van der Waals surface area contributed by atoms with E-state index in [9.17, 15) is 10.1 Å². The molecule has 0 spiro atoms. The molecule has 3 rings (SSSR count). The molecule has 1 heterocycles. The molecule has 0 radical (unpaired) electrons. The second kappa shape index (κ2) is 9.02. The third-order valence-corrected chi connectivity index (χ3v) is 5.13. The van der Waals surface area contributed by atoms with E-state index in [1.165, 1.54) is 20.3 Å². The van der Waals surface area contributed by atoms with Gasteiger partial charge in [0.15, 0.2) is 0 Å². The quantitative estimate of drug-likeness (QED) is 0.372. The predicted molar refractivity (Wildman–Crippen MR) is 112 cm³/mol. The van der Waals surface area contributed by atoms with Crippen molar-refractivity contribution in [3.05, 3.63) is 67.8 Å². The van der Waals surface area contributed by atoms with Gasteiger partial charge in [-0.1, -0.05) is 35.3 Å². The minimum Gasteiger partial charge on any atom is -0.495 e. The largest absolute Gasteiger partial charge is 0.495 e. The average molecular weight is 437 g/mol. The molecule has 0 amide bonds. The number of aromatic nitrogens is 2. The Bertz CT molecular complexity index is 1010. The van der Waals surface area contributed by atoms with E-state index < -0.39 is 4.92 Å². The SMILES string of the molecule is COc1cc(OC)c(Cl)c(CCc2cc(Nc3ccccc3[N+](=O)[O-])[nH]n2)c1Cl. The first-order valence-corrected chi connectivity index (χ1v) is 9.33. The molecule has 0 aliphatic heterocycles. The summed E-state index contributed by atoms with van der Waals surface area (Å²) < 4.78 is 10.6. The minimum atomic E-state index is -0.445. The van der Waals surface area contributed by atoms with Crippen LogP contribution in [0.4, 0.5) is 17.2 Å². The van der Waals surface area contributed by atoms with Gasteiger partial charge in [-0.2, -0.15) is 5.10 Å². The normalized spacial score (nSPS) is 10.6. The molecule has 2 aromatic carbocycles. The molecule has 0 atom stereocenters. The molecule has 10 heteroatoms.